The van der Waals surface area contributed by atoms with E-state index < -0.39 is 0 Å². The summed E-state index contributed by atoms with van der Waals surface area (Å²) in [6.07, 6.45) is 6.37. The van der Waals surface area contributed by atoms with Gasteiger partial charge in [0.1, 0.15) is 5.82 Å². The van der Waals surface area contributed by atoms with Gasteiger partial charge in [0.05, 0.1) is 13.1 Å². The van der Waals surface area contributed by atoms with Crippen molar-refractivity contribution in [3.8, 4) is 0 Å². The molecule has 148 valence electrons. The van der Waals surface area contributed by atoms with Crippen LogP contribution < -0.4 is 10.6 Å². The van der Waals surface area contributed by atoms with E-state index in [0.29, 0.717) is 19.1 Å². The molecule has 0 bridgehead atoms. The van der Waals surface area contributed by atoms with Crippen molar-refractivity contribution in [1.29, 1.82) is 0 Å². The Morgan fingerprint density at radius 3 is 2.63 bits per heavy atom. The largest absolute Gasteiger partial charge is 0.354 e. The van der Waals surface area contributed by atoms with Gasteiger partial charge >= 0.3 is 0 Å². The van der Waals surface area contributed by atoms with E-state index in [0.717, 1.165) is 17.6 Å². The lowest BCUT2D eigenvalue weighted by Crippen LogP contribution is -2.44. The molecule has 0 unspecified atom stereocenters. The molecule has 6 nitrogen and oxygen atoms in total. The molecule has 1 heterocycles. The number of hydrogen-bond donors (Lipinski definition) is 2. The molecule has 0 amide bonds. The van der Waals surface area contributed by atoms with Crippen molar-refractivity contribution < 1.29 is 0 Å². The monoisotopic (exact) mass is 482 g/mol. The minimum Gasteiger partial charge on any atom is -0.354 e. The third-order valence-electron chi connectivity index (χ3n) is 5.04. The van der Waals surface area contributed by atoms with Crippen LogP contribution in [0.25, 0.3) is 0 Å². The van der Waals surface area contributed by atoms with E-state index in [4.69, 9.17) is 4.99 Å². The molecule has 1 aromatic carbocycles. The van der Waals surface area contributed by atoms with E-state index in [-0.39, 0.29) is 24.0 Å². The number of aryl methyl sites for hydroxylation is 2. The Morgan fingerprint density at radius 2 is 1.96 bits per heavy atom. The van der Waals surface area contributed by atoms with Crippen LogP contribution in [-0.2, 0) is 20.1 Å². The highest BCUT2D eigenvalue weighted by atomic mass is 127. The SMILES string of the molecule is Cc1cccc(CN=C(NCc2nnc(C)n2C)NC2CCCCC2)c1.I. The third kappa shape index (κ3) is 6.48. The van der Waals surface area contributed by atoms with E-state index in [1.165, 1.54) is 43.2 Å². The second kappa shape index (κ2) is 10.6. The van der Waals surface area contributed by atoms with Gasteiger partial charge in [-0.3, -0.25) is 0 Å². The second-order valence-electron chi connectivity index (χ2n) is 7.21. The molecule has 27 heavy (non-hydrogen) atoms. The van der Waals surface area contributed by atoms with Crippen molar-refractivity contribution in [3.63, 3.8) is 0 Å². The molecule has 3 rings (SSSR count). The van der Waals surface area contributed by atoms with E-state index in [1.807, 2.05) is 18.5 Å². The summed E-state index contributed by atoms with van der Waals surface area (Å²) in [6.45, 7) is 5.36. The number of benzene rings is 1. The van der Waals surface area contributed by atoms with Crippen LogP contribution in [0.1, 0.15) is 54.9 Å². The number of aromatic nitrogens is 3. The van der Waals surface area contributed by atoms with Crippen molar-refractivity contribution in [1.82, 2.24) is 25.4 Å². The molecule has 1 aliphatic rings. The van der Waals surface area contributed by atoms with Gasteiger partial charge in [-0.15, -0.1) is 34.2 Å². The number of nitrogens with zero attached hydrogens (tertiary/aromatic N) is 4. The molecule has 1 aliphatic carbocycles. The summed E-state index contributed by atoms with van der Waals surface area (Å²) in [7, 11) is 1.99. The maximum Gasteiger partial charge on any atom is 0.192 e. The van der Waals surface area contributed by atoms with Gasteiger partial charge in [0, 0.05) is 13.1 Å². The predicted octanol–water partition coefficient (Wildman–Crippen LogP) is 3.62. The van der Waals surface area contributed by atoms with E-state index in [9.17, 15) is 0 Å². The lowest BCUT2D eigenvalue weighted by atomic mass is 9.96. The molecule has 0 aliphatic heterocycles. The average Bonchev–Trinajstić information content (AvgIpc) is 2.97. The fourth-order valence-corrected chi connectivity index (χ4v) is 3.34. The number of guanidine groups is 1. The van der Waals surface area contributed by atoms with Crippen LogP contribution in [0.2, 0.25) is 0 Å². The molecular weight excluding hydrogens is 451 g/mol. The Bertz CT molecular complexity index is 749. The topological polar surface area (TPSA) is 67.1 Å². The van der Waals surface area contributed by atoms with Gasteiger partial charge in [-0.1, -0.05) is 49.1 Å². The molecule has 1 saturated carbocycles. The highest BCUT2D eigenvalue weighted by molar-refractivity contribution is 14.0. The number of hydrogen-bond acceptors (Lipinski definition) is 3. The first kappa shape index (κ1) is 21.7. The summed E-state index contributed by atoms with van der Waals surface area (Å²) in [5, 5.41) is 15.4. The zero-order valence-corrected chi connectivity index (χ0v) is 18.9. The van der Waals surface area contributed by atoms with Crippen molar-refractivity contribution in [2.45, 2.75) is 65.1 Å². The van der Waals surface area contributed by atoms with E-state index >= 15 is 0 Å². The Labute approximate surface area is 179 Å². The minimum atomic E-state index is 0. The highest BCUT2D eigenvalue weighted by Crippen LogP contribution is 2.17. The summed E-state index contributed by atoms with van der Waals surface area (Å²) < 4.78 is 2.01. The number of halogens is 1. The Morgan fingerprint density at radius 1 is 1.19 bits per heavy atom. The highest BCUT2D eigenvalue weighted by Gasteiger charge is 2.15. The normalized spacial score (nSPS) is 15.3. The molecule has 0 atom stereocenters. The van der Waals surface area contributed by atoms with Crippen LogP contribution >= 0.6 is 24.0 Å². The molecule has 0 saturated heterocycles. The van der Waals surface area contributed by atoms with Gasteiger partial charge in [0.2, 0.25) is 0 Å². The van der Waals surface area contributed by atoms with E-state index in [2.05, 4.69) is 52.0 Å². The minimum absolute atomic E-state index is 0. The predicted molar refractivity (Wildman–Crippen MR) is 120 cm³/mol. The molecular formula is C20H31IN6. The van der Waals surface area contributed by atoms with Crippen LogP contribution in [0.4, 0.5) is 0 Å². The number of nitrogens with one attached hydrogen (secondary N) is 2. The molecule has 1 aromatic heterocycles. The van der Waals surface area contributed by atoms with Crippen molar-refractivity contribution in [3.05, 3.63) is 47.0 Å². The fourth-order valence-electron chi connectivity index (χ4n) is 3.34. The summed E-state index contributed by atoms with van der Waals surface area (Å²) in [4.78, 5) is 4.82. The summed E-state index contributed by atoms with van der Waals surface area (Å²) in [6, 6.07) is 9.02. The zero-order chi connectivity index (χ0) is 18.4. The number of aliphatic imine (C=N–C) groups is 1. The van der Waals surface area contributed by atoms with Gasteiger partial charge in [-0.25, -0.2) is 4.99 Å². The Hall–Kier alpha value is -1.64. The molecule has 2 aromatic rings. The van der Waals surface area contributed by atoms with Gasteiger partial charge in [0.25, 0.3) is 0 Å². The van der Waals surface area contributed by atoms with Gasteiger partial charge in [0.15, 0.2) is 11.8 Å². The third-order valence-corrected chi connectivity index (χ3v) is 5.04. The maximum absolute atomic E-state index is 4.82. The van der Waals surface area contributed by atoms with Crippen LogP contribution in [0.15, 0.2) is 29.3 Å². The van der Waals surface area contributed by atoms with Crippen LogP contribution in [0.3, 0.4) is 0 Å². The summed E-state index contributed by atoms with van der Waals surface area (Å²) >= 11 is 0. The molecule has 1 fully saturated rings. The van der Waals surface area contributed by atoms with Crippen molar-refractivity contribution in [2.24, 2.45) is 12.0 Å². The molecule has 0 spiro atoms. The standard InChI is InChI=1S/C20H30N6.HI/c1-15-8-7-9-17(12-15)13-21-20(23-18-10-5-4-6-11-18)22-14-19-25-24-16(2)26(19)3;/h7-9,12,18H,4-6,10-11,13-14H2,1-3H3,(H2,21,22,23);1H. The van der Waals surface area contributed by atoms with Crippen molar-refractivity contribution in [2.75, 3.05) is 0 Å². The Kier molecular flexibility index (Phi) is 8.53. The van der Waals surface area contributed by atoms with Gasteiger partial charge in [-0.05, 0) is 32.3 Å². The number of rotatable bonds is 5. The van der Waals surface area contributed by atoms with Gasteiger partial charge < -0.3 is 15.2 Å². The first-order valence-corrected chi connectivity index (χ1v) is 9.57. The molecule has 0 radical (unpaired) electrons. The quantitative estimate of drug-likeness (QED) is 0.388. The van der Waals surface area contributed by atoms with Gasteiger partial charge in [-0.2, -0.15) is 0 Å². The molecule has 2 N–H and O–H groups in total. The fraction of sp³-hybridized carbons (Fsp3) is 0.550. The second-order valence-corrected chi connectivity index (χ2v) is 7.21. The first-order chi connectivity index (χ1) is 12.6. The van der Waals surface area contributed by atoms with E-state index in [1.54, 1.807) is 0 Å². The first-order valence-electron chi connectivity index (χ1n) is 9.57. The molecule has 7 heteroatoms. The Balaban J connectivity index is 0.00000261. The smallest absolute Gasteiger partial charge is 0.192 e. The lowest BCUT2D eigenvalue weighted by molar-refractivity contribution is 0.409. The zero-order valence-electron chi connectivity index (χ0n) is 16.5. The van der Waals surface area contributed by atoms with Crippen LogP contribution in [0.5, 0.6) is 0 Å². The van der Waals surface area contributed by atoms with Crippen LogP contribution in [0, 0.1) is 13.8 Å². The van der Waals surface area contributed by atoms with Crippen molar-refractivity contribution >= 4 is 29.9 Å². The van der Waals surface area contributed by atoms with Crippen LogP contribution in [-0.4, -0.2) is 26.8 Å². The maximum atomic E-state index is 4.82. The summed E-state index contributed by atoms with van der Waals surface area (Å²) in [5.74, 6) is 2.69. The lowest BCUT2D eigenvalue weighted by Gasteiger charge is -2.25. The average molecular weight is 482 g/mol. The summed E-state index contributed by atoms with van der Waals surface area (Å²) in [5.41, 5.74) is 2.49.